The van der Waals surface area contributed by atoms with Crippen LogP contribution in [0.3, 0.4) is 0 Å². The zero-order chi connectivity index (χ0) is 6.97. The first-order valence-corrected chi connectivity index (χ1v) is 4.22. The van der Waals surface area contributed by atoms with Crippen LogP contribution in [0.25, 0.3) is 0 Å². The van der Waals surface area contributed by atoms with Gasteiger partial charge in [-0.15, -0.1) is 0 Å². The second-order valence-corrected chi connectivity index (χ2v) is 3.54. The fourth-order valence-electron chi connectivity index (χ4n) is 2.11. The standard InChI is InChI=1S/C9H14O/c10-9-6-7-2-1-3-8(9)5-4-7/h4-5,7-10H,1-3,6H2/t7-,8+,9-/m1/s1. The Balaban J connectivity index is 2.18. The van der Waals surface area contributed by atoms with Gasteiger partial charge in [0.05, 0.1) is 6.10 Å². The first-order chi connectivity index (χ1) is 4.86. The molecule has 2 bridgehead atoms. The van der Waals surface area contributed by atoms with E-state index in [0.717, 1.165) is 6.42 Å². The third-order valence-electron chi connectivity index (χ3n) is 2.78. The van der Waals surface area contributed by atoms with Crippen molar-refractivity contribution in [2.75, 3.05) is 0 Å². The van der Waals surface area contributed by atoms with Gasteiger partial charge in [0.15, 0.2) is 0 Å². The normalized spacial score (nSPS) is 45.5. The Labute approximate surface area is 61.8 Å². The van der Waals surface area contributed by atoms with E-state index in [1.165, 1.54) is 19.3 Å². The molecule has 0 saturated heterocycles. The minimum Gasteiger partial charge on any atom is -0.392 e. The van der Waals surface area contributed by atoms with Crippen molar-refractivity contribution in [1.82, 2.24) is 0 Å². The van der Waals surface area contributed by atoms with Crippen LogP contribution in [0.5, 0.6) is 0 Å². The largest absolute Gasteiger partial charge is 0.392 e. The molecule has 3 aliphatic carbocycles. The Morgan fingerprint density at radius 3 is 2.90 bits per heavy atom. The number of hydrogen-bond acceptors (Lipinski definition) is 1. The molecule has 1 N–H and O–H groups in total. The average Bonchev–Trinajstić information content (AvgIpc) is 2.20. The Bertz CT molecular complexity index is 151. The van der Waals surface area contributed by atoms with Gasteiger partial charge in [0.1, 0.15) is 0 Å². The van der Waals surface area contributed by atoms with E-state index < -0.39 is 0 Å². The summed E-state index contributed by atoms with van der Waals surface area (Å²) in [6, 6.07) is 0. The molecular weight excluding hydrogens is 124 g/mol. The Kier molecular flexibility index (Phi) is 1.53. The maximum Gasteiger partial charge on any atom is 0.0608 e. The molecule has 0 aromatic rings. The Hall–Kier alpha value is -0.300. The highest BCUT2D eigenvalue weighted by Gasteiger charge is 2.27. The summed E-state index contributed by atoms with van der Waals surface area (Å²) in [6.07, 6.45) is 9.30. The molecule has 1 saturated carbocycles. The molecule has 0 radical (unpaired) electrons. The summed E-state index contributed by atoms with van der Waals surface area (Å²) in [5.41, 5.74) is 0. The number of fused-ring (bicyclic) bond motifs is 3. The molecule has 3 aliphatic rings. The van der Waals surface area contributed by atoms with Crippen LogP contribution in [0.4, 0.5) is 0 Å². The van der Waals surface area contributed by atoms with Gasteiger partial charge in [0.25, 0.3) is 0 Å². The number of rotatable bonds is 0. The van der Waals surface area contributed by atoms with Gasteiger partial charge in [-0.25, -0.2) is 0 Å². The summed E-state index contributed by atoms with van der Waals surface area (Å²) in [6.45, 7) is 0. The molecule has 1 fully saturated rings. The van der Waals surface area contributed by atoms with Crippen LogP contribution >= 0.6 is 0 Å². The predicted molar refractivity (Wildman–Crippen MR) is 40.6 cm³/mol. The van der Waals surface area contributed by atoms with Crippen molar-refractivity contribution in [3.8, 4) is 0 Å². The van der Waals surface area contributed by atoms with Crippen molar-refractivity contribution in [3.63, 3.8) is 0 Å². The molecule has 0 heterocycles. The predicted octanol–water partition coefficient (Wildman–Crippen LogP) is 1.72. The van der Waals surface area contributed by atoms with Gasteiger partial charge in [0.2, 0.25) is 0 Å². The van der Waals surface area contributed by atoms with Crippen LogP contribution < -0.4 is 0 Å². The molecule has 0 aliphatic heterocycles. The molecule has 3 atom stereocenters. The molecule has 0 aromatic heterocycles. The topological polar surface area (TPSA) is 20.2 Å². The quantitative estimate of drug-likeness (QED) is 0.505. The molecule has 0 aromatic carbocycles. The third-order valence-corrected chi connectivity index (χ3v) is 2.78. The lowest BCUT2D eigenvalue weighted by molar-refractivity contribution is 0.108. The highest BCUT2D eigenvalue weighted by Crippen LogP contribution is 2.33. The Morgan fingerprint density at radius 2 is 2.10 bits per heavy atom. The minimum atomic E-state index is -0.0301. The molecule has 1 nitrogen and oxygen atoms in total. The minimum absolute atomic E-state index is 0.0301. The molecular formula is C9H14O. The lowest BCUT2D eigenvalue weighted by atomic mass is 9.88. The van der Waals surface area contributed by atoms with Crippen molar-refractivity contribution in [3.05, 3.63) is 12.2 Å². The number of aliphatic hydroxyl groups excluding tert-OH is 1. The van der Waals surface area contributed by atoms with Crippen molar-refractivity contribution in [2.24, 2.45) is 11.8 Å². The summed E-state index contributed by atoms with van der Waals surface area (Å²) in [5, 5.41) is 9.53. The van der Waals surface area contributed by atoms with E-state index in [9.17, 15) is 5.11 Å². The van der Waals surface area contributed by atoms with Crippen LogP contribution in [0.2, 0.25) is 0 Å². The van der Waals surface area contributed by atoms with Crippen LogP contribution in [0, 0.1) is 11.8 Å². The molecule has 10 heavy (non-hydrogen) atoms. The van der Waals surface area contributed by atoms with E-state index in [0.29, 0.717) is 11.8 Å². The molecule has 56 valence electrons. The molecule has 1 heteroatoms. The van der Waals surface area contributed by atoms with Crippen molar-refractivity contribution < 1.29 is 5.11 Å². The van der Waals surface area contributed by atoms with E-state index in [-0.39, 0.29) is 6.10 Å². The maximum atomic E-state index is 9.53. The molecule has 0 unspecified atom stereocenters. The van der Waals surface area contributed by atoms with E-state index in [1.807, 2.05) is 0 Å². The van der Waals surface area contributed by atoms with Gasteiger partial charge < -0.3 is 5.11 Å². The first-order valence-electron chi connectivity index (χ1n) is 4.22. The monoisotopic (exact) mass is 138 g/mol. The van der Waals surface area contributed by atoms with E-state index in [1.54, 1.807) is 0 Å². The van der Waals surface area contributed by atoms with Crippen molar-refractivity contribution in [1.29, 1.82) is 0 Å². The van der Waals surface area contributed by atoms with Crippen molar-refractivity contribution in [2.45, 2.75) is 31.8 Å². The van der Waals surface area contributed by atoms with E-state index in [2.05, 4.69) is 12.2 Å². The third kappa shape index (κ3) is 0.988. The fraction of sp³-hybridized carbons (Fsp3) is 0.778. The van der Waals surface area contributed by atoms with E-state index >= 15 is 0 Å². The second kappa shape index (κ2) is 2.39. The van der Waals surface area contributed by atoms with Crippen molar-refractivity contribution >= 4 is 0 Å². The smallest absolute Gasteiger partial charge is 0.0608 e. The molecule has 3 rings (SSSR count). The van der Waals surface area contributed by atoms with Gasteiger partial charge in [-0.3, -0.25) is 0 Å². The highest BCUT2D eigenvalue weighted by atomic mass is 16.3. The zero-order valence-electron chi connectivity index (χ0n) is 6.16. The molecule has 0 spiro atoms. The zero-order valence-corrected chi connectivity index (χ0v) is 6.16. The fourth-order valence-corrected chi connectivity index (χ4v) is 2.11. The van der Waals surface area contributed by atoms with Crippen LogP contribution in [0.15, 0.2) is 12.2 Å². The number of allylic oxidation sites excluding steroid dienone is 1. The second-order valence-electron chi connectivity index (χ2n) is 3.54. The summed E-state index contributed by atoms with van der Waals surface area (Å²) in [5.74, 6) is 1.17. The van der Waals surface area contributed by atoms with E-state index in [4.69, 9.17) is 0 Å². The van der Waals surface area contributed by atoms with Crippen LogP contribution in [-0.4, -0.2) is 11.2 Å². The summed E-state index contributed by atoms with van der Waals surface area (Å²) in [4.78, 5) is 0. The van der Waals surface area contributed by atoms with Crippen LogP contribution in [0.1, 0.15) is 25.7 Å². The average molecular weight is 138 g/mol. The summed E-state index contributed by atoms with van der Waals surface area (Å²) < 4.78 is 0. The Morgan fingerprint density at radius 1 is 1.20 bits per heavy atom. The van der Waals surface area contributed by atoms with Gasteiger partial charge >= 0.3 is 0 Å². The number of aliphatic hydroxyl groups is 1. The van der Waals surface area contributed by atoms with Crippen LogP contribution in [-0.2, 0) is 0 Å². The number of hydrogen-bond donors (Lipinski definition) is 1. The lowest BCUT2D eigenvalue weighted by Crippen LogP contribution is -2.22. The van der Waals surface area contributed by atoms with Gasteiger partial charge in [-0.2, -0.15) is 0 Å². The highest BCUT2D eigenvalue weighted by molar-refractivity contribution is 5.03. The summed E-state index contributed by atoms with van der Waals surface area (Å²) in [7, 11) is 0. The maximum absolute atomic E-state index is 9.53. The van der Waals surface area contributed by atoms with Gasteiger partial charge in [-0.05, 0) is 25.2 Å². The SMILES string of the molecule is O[C@@H]1C[C@H]2C=C[C@@H]1CCC2. The lowest BCUT2D eigenvalue weighted by Gasteiger charge is -2.22. The van der Waals surface area contributed by atoms with Gasteiger partial charge in [0, 0.05) is 5.92 Å². The van der Waals surface area contributed by atoms with Gasteiger partial charge in [-0.1, -0.05) is 18.6 Å². The first kappa shape index (κ1) is 6.41. The summed E-state index contributed by atoms with van der Waals surface area (Å²) >= 11 is 0. The molecule has 0 amide bonds.